The minimum absolute atomic E-state index is 0.421. The molecule has 2 nitrogen and oxygen atoms in total. The molecule has 0 unspecified atom stereocenters. The number of halogens is 1. The van der Waals surface area contributed by atoms with Gasteiger partial charge in [0.25, 0.3) is 0 Å². The smallest absolute Gasteiger partial charge is 0.0717 e. The molecule has 2 N–H and O–H groups in total. The Hall–Kier alpha value is -0.380. The molecule has 0 heterocycles. The van der Waals surface area contributed by atoms with Crippen molar-refractivity contribution in [1.82, 2.24) is 0 Å². The van der Waals surface area contributed by atoms with E-state index in [4.69, 9.17) is 10.5 Å². The van der Waals surface area contributed by atoms with Crippen molar-refractivity contribution in [2.24, 2.45) is 11.1 Å². The van der Waals surface area contributed by atoms with Gasteiger partial charge in [0.05, 0.1) is 13.2 Å². The molecule has 16 heavy (non-hydrogen) atoms. The van der Waals surface area contributed by atoms with E-state index >= 15 is 0 Å². The van der Waals surface area contributed by atoms with Crippen molar-refractivity contribution >= 4 is 15.9 Å². The number of ether oxygens (including phenoxy) is 1. The first-order chi connectivity index (χ1) is 7.74. The van der Waals surface area contributed by atoms with Gasteiger partial charge in [0.2, 0.25) is 0 Å². The van der Waals surface area contributed by atoms with Crippen LogP contribution in [0.15, 0.2) is 28.7 Å². The lowest BCUT2D eigenvalue weighted by molar-refractivity contribution is 0.0756. The number of benzene rings is 1. The van der Waals surface area contributed by atoms with E-state index < -0.39 is 0 Å². The fraction of sp³-hybridized carbons (Fsp3) is 0.538. The molecule has 1 aromatic carbocycles. The van der Waals surface area contributed by atoms with Crippen molar-refractivity contribution in [1.29, 1.82) is 0 Å². The van der Waals surface area contributed by atoms with Gasteiger partial charge in [-0.15, -0.1) is 0 Å². The summed E-state index contributed by atoms with van der Waals surface area (Å²) in [5, 5.41) is 0. The van der Waals surface area contributed by atoms with Crippen LogP contribution in [0.25, 0.3) is 0 Å². The maximum atomic E-state index is 5.77. The molecule has 2 rings (SSSR count). The molecule has 1 saturated carbocycles. The SMILES string of the molecule is NCCC1(COCc2ccc(Br)cc2)CC1. The zero-order valence-corrected chi connectivity index (χ0v) is 11.0. The Morgan fingerprint density at radius 3 is 2.50 bits per heavy atom. The lowest BCUT2D eigenvalue weighted by atomic mass is 10.0. The fourth-order valence-corrected chi connectivity index (χ4v) is 2.18. The first-order valence-electron chi connectivity index (χ1n) is 5.76. The number of rotatable bonds is 6. The van der Waals surface area contributed by atoms with Crippen LogP contribution in [0, 0.1) is 5.41 Å². The molecular formula is C13H18BrNO. The molecule has 0 aliphatic heterocycles. The van der Waals surface area contributed by atoms with Crippen LogP contribution in [0.1, 0.15) is 24.8 Å². The number of nitrogens with two attached hydrogens (primary N) is 1. The van der Waals surface area contributed by atoms with Gasteiger partial charge in [-0.2, -0.15) is 0 Å². The lowest BCUT2D eigenvalue weighted by Crippen LogP contribution is -2.15. The van der Waals surface area contributed by atoms with E-state index in [1.54, 1.807) is 0 Å². The van der Waals surface area contributed by atoms with Crippen LogP contribution in [0.4, 0.5) is 0 Å². The van der Waals surface area contributed by atoms with Crippen LogP contribution < -0.4 is 5.73 Å². The fourth-order valence-electron chi connectivity index (χ4n) is 1.92. The molecule has 0 aromatic heterocycles. The monoisotopic (exact) mass is 283 g/mol. The van der Waals surface area contributed by atoms with Crippen LogP contribution >= 0.6 is 15.9 Å². The van der Waals surface area contributed by atoms with Gasteiger partial charge in [-0.25, -0.2) is 0 Å². The van der Waals surface area contributed by atoms with Crippen LogP contribution in [0.3, 0.4) is 0 Å². The number of hydrogen-bond donors (Lipinski definition) is 1. The van der Waals surface area contributed by atoms with Gasteiger partial charge in [-0.1, -0.05) is 28.1 Å². The Kier molecular flexibility index (Phi) is 4.00. The highest BCUT2D eigenvalue weighted by Gasteiger charge is 2.41. The molecule has 3 heteroatoms. The average molecular weight is 284 g/mol. The maximum absolute atomic E-state index is 5.77. The highest BCUT2D eigenvalue weighted by Crippen LogP contribution is 2.48. The minimum Gasteiger partial charge on any atom is -0.376 e. The molecule has 0 atom stereocenters. The second-order valence-corrected chi connectivity index (χ2v) is 5.57. The summed E-state index contributed by atoms with van der Waals surface area (Å²) in [5.41, 5.74) is 7.24. The summed E-state index contributed by atoms with van der Waals surface area (Å²) in [7, 11) is 0. The lowest BCUT2D eigenvalue weighted by Gasteiger charge is -2.14. The third-order valence-corrected chi connectivity index (χ3v) is 3.75. The molecule has 1 aliphatic carbocycles. The third-order valence-electron chi connectivity index (χ3n) is 3.22. The molecule has 0 saturated heterocycles. The van der Waals surface area contributed by atoms with Crippen molar-refractivity contribution in [2.45, 2.75) is 25.9 Å². The molecule has 0 radical (unpaired) electrons. The maximum Gasteiger partial charge on any atom is 0.0717 e. The van der Waals surface area contributed by atoms with E-state index in [2.05, 4.69) is 28.1 Å². The Bertz CT molecular complexity index is 332. The van der Waals surface area contributed by atoms with Gasteiger partial charge in [0.15, 0.2) is 0 Å². The number of hydrogen-bond acceptors (Lipinski definition) is 2. The van der Waals surface area contributed by atoms with E-state index in [9.17, 15) is 0 Å². The van der Waals surface area contributed by atoms with E-state index in [-0.39, 0.29) is 0 Å². The normalized spacial score (nSPS) is 17.4. The first kappa shape index (κ1) is 12.1. The zero-order valence-electron chi connectivity index (χ0n) is 9.42. The van der Waals surface area contributed by atoms with Crippen LogP contribution in [-0.2, 0) is 11.3 Å². The van der Waals surface area contributed by atoms with Crippen molar-refractivity contribution in [3.8, 4) is 0 Å². The topological polar surface area (TPSA) is 35.2 Å². The van der Waals surface area contributed by atoms with Gasteiger partial charge in [0, 0.05) is 4.47 Å². The summed E-state index contributed by atoms with van der Waals surface area (Å²) in [6.45, 7) is 2.35. The predicted octanol–water partition coefficient (Wildman–Crippen LogP) is 3.09. The summed E-state index contributed by atoms with van der Waals surface area (Å²) in [5.74, 6) is 0. The largest absolute Gasteiger partial charge is 0.376 e. The molecule has 88 valence electrons. The van der Waals surface area contributed by atoms with Crippen molar-refractivity contribution in [3.63, 3.8) is 0 Å². The van der Waals surface area contributed by atoms with Gasteiger partial charge >= 0.3 is 0 Å². The predicted molar refractivity (Wildman–Crippen MR) is 69.1 cm³/mol. The summed E-state index contributed by atoms with van der Waals surface area (Å²) in [6.07, 6.45) is 3.67. The van der Waals surface area contributed by atoms with Gasteiger partial charge in [0.1, 0.15) is 0 Å². The summed E-state index contributed by atoms with van der Waals surface area (Å²) in [6, 6.07) is 8.27. The van der Waals surface area contributed by atoms with E-state index in [1.165, 1.54) is 18.4 Å². The zero-order chi connectivity index (χ0) is 11.4. The quantitative estimate of drug-likeness (QED) is 0.871. The third kappa shape index (κ3) is 3.30. The van der Waals surface area contributed by atoms with E-state index in [0.29, 0.717) is 12.0 Å². The van der Waals surface area contributed by atoms with Crippen LogP contribution in [0.2, 0.25) is 0 Å². The molecule has 1 aromatic rings. The van der Waals surface area contributed by atoms with Crippen LogP contribution in [-0.4, -0.2) is 13.2 Å². The highest BCUT2D eigenvalue weighted by molar-refractivity contribution is 9.10. The van der Waals surface area contributed by atoms with Crippen molar-refractivity contribution in [2.75, 3.05) is 13.2 Å². The van der Waals surface area contributed by atoms with Crippen molar-refractivity contribution in [3.05, 3.63) is 34.3 Å². The molecular weight excluding hydrogens is 266 g/mol. The second-order valence-electron chi connectivity index (χ2n) is 4.66. The molecule has 1 aliphatic rings. The standard InChI is InChI=1S/C13H18BrNO/c14-12-3-1-11(2-4-12)9-16-10-13(5-6-13)7-8-15/h1-4H,5-10,15H2. The summed E-state index contributed by atoms with van der Waals surface area (Å²) < 4.78 is 6.88. The van der Waals surface area contributed by atoms with Gasteiger partial charge in [-0.3, -0.25) is 0 Å². The molecule has 0 bridgehead atoms. The Morgan fingerprint density at radius 2 is 1.94 bits per heavy atom. The van der Waals surface area contributed by atoms with Crippen molar-refractivity contribution < 1.29 is 4.74 Å². The Morgan fingerprint density at radius 1 is 1.25 bits per heavy atom. The molecule has 0 spiro atoms. The van der Waals surface area contributed by atoms with Gasteiger partial charge in [-0.05, 0) is 48.9 Å². The molecule has 0 amide bonds. The molecule has 1 fully saturated rings. The second kappa shape index (κ2) is 5.30. The van der Waals surface area contributed by atoms with E-state index in [0.717, 1.165) is 24.0 Å². The Balaban J connectivity index is 1.74. The van der Waals surface area contributed by atoms with Gasteiger partial charge < -0.3 is 10.5 Å². The first-order valence-corrected chi connectivity index (χ1v) is 6.56. The van der Waals surface area contributed by atoms with E-state index in [1.807, 2.05) is 12.1 Å². The summed E-state index contributed by atoms with van der Waals surface area (Å²) in [4.78, 5) is 0. The average Bonchev–Trinajstić information content (AvgIpc) is 3.02. The highest BCUT2D eigenvalue weighted by atomic mass is 79.9. The minimum atomic E-state index is 0.421. The summed E-state index contributed by atoms with van der Waals surface area (Å²) >= 11 is 3.42. The Labute approximate surface area is 105 Å². The van der Waals surface area contributed by atoms with Crippen LogP contribution in [0.5, 0.6) is 0 Å².